The summed E-state index contributed by atoms with van der Waals surface area (Å²) in [6, 6.07) is 10.3. The van der Waals surface area contributed by atoms with Crippen molar-refractivity contribution in [2.75, 3.05) is 6.54 Å². The van der Waals surface area contributed by atoms with Crippen LogP contribution in [0.4, 0.5) is 0 Å². The first-order chi connectivity index (χ1) is 12.5. The molecule has 0 saturated heterocycles. The molecule has 0 amide bonds. The number of aryl methyl sites for hydroxylation is 2. The third-order valence-corrected chi connectivity index (χ3v) is 5.69. The highest BCUT2D eigenvalue weighted by Crippen LogP contribution is 2.21. The summed E-state index contributed by atoms with van der Waals surface area (Å²) in [5.41, 5.74) is 3.82. The third kappa shape index (κ3) is 3.97. The quantitative estimate of drug-likeness (QED) is 0.649. The van der Waals surface area contributed by atoms with Crippen molar-refractivity contribution in [3.8, 4) is 0 Å². The molecule has 2 heterocycles. The molecule has 1 aromatic carbocycles. The second kappa shape index (κ2) is 8.01. The lowest BCUT2D eigenvalue weighted by atomic mass is 10.0. The van der Waals surface area contributed by atoms with Crippen LogP contribution in [0.3, 0.4) is 0 Å². The van der Waals surface area contributed by atoms with Gasteiger partial charge in [0.05, 0.1) is 18.6 Å². The first-order valence-electron chi connectivity index (χ1n) is 8.67. The summed E-state index contributed by atoms with van der Waals surface area (Å²) in [7, 11) is 0. The van der Waals surface area contributed by atoms with Gasteiger partial charge in [-0.05, 0) is 61.6 Å². The maximum atomic E-state index is 12.7. The zero-order chi connectivity index (χ0) is 18.7. The van der Waals surface area contributed by atoms with Crippen molar-refractivity contribution in [2.45, 2.75) is 33.9 Å². The number of aromatic nitrogens is 1. The van der Waals surface area contributed by atoms with E-state index in [-0.39, 0.29) is 5.56 Å². The molecule has 0 fully saturated rings. The highest BCUT2D eigenvalue weighted by atomic mass is 32.1. The van der Waals surface area contributed by atoms with Gasteiger partial charge in [0, 0.05) is 22.4 Å². The van der Waals surface area contributed by atoms with Crippen molar-refractivity contribution in [1.29, 1.82) is 0 Å². The standard InChI is InChI=1S/C20H23N3OS2/c1-4-21-20(25)23(12-16-6-5-9-26-16)11-15-10-17-13(2)7-8-14(3)18(17)22-19(15)24/h5-10H,4,11-12H2,1-3H3,(H,21,25)(H,22,24). The van der Waals surface area contributed by atoms with Crippen molar-refractivity contribution >= 4 is 39.6 Å². The van der Waals surface area contributed by atoms with Crippen LogP contribution in [-0.2, 0) is 13.1 Å². The third-order valence-electron chi connectivity index (χ3n) is 4.42. The number of thiophene rings is 1. The molecule has 0 aliphatic heterocycles. The van der Waals surface area contributed by atoms with E-state index in [1.807, 2.05) is 36.9 Å². The van der Waals surface area contributed by atoms with Crippen molar-refractivity contribution in [3.63, 3.8) is 0 Å². The fourth-order valence-corrected chi connectivity index (χ4v) is 3.99. The van der Waals surface area contributed by atoms with Crippen molar-refractivity contribution in [2.24, 2.45) is 0 Å². The molecule has 0 spiro atoms. The lowest BCUT2D eigenvalue weighted by molar-refractivity contribution is 0.402. The number of fused-ring (bicyclic) bond motifs is 1. The van der Waals surface area contributed by atoms with Crippen LogP contribution in [0.2, 0.25) is 0 Å². The molecule has 136 valence electrons. The van der Waals surface area contributed by atoms with Gasteiger partial charge < -0.3 is 15.2 Å². The van der Waals surface area contributed by atoms with E-state index in [0.717, 1.165) is 34.1 Å². The van der Waals surface area contributed by atoms with E-state index >= 15 is 0 Å². The van der Waals surface area contributed by atoms with E-state index in [2.05, 4.69) is 34.7 Å². The van der Waals surface area contributed by atoms with Crippen molar-refractivity contribution < 1.29 is 0 Å². The Labute approximate surface area is 162 Å². The molecular formula is C20H23N3OS2. The van der Waals surface area contributed by atoms with E-state index in [1.54, 1.807) is 11.3 Å². The van der Waals surface area contributed by atoms with Gasteiger partial charge in [-0.15, -0.1) is 11.3 Å². The van der Waals surface area contributed by atoms with Gasteiger partial charge in [-0.25, -0.2) is 0 Å². The SMILES string of the molecule is CCNC(=S)N(Cc1cccs1)Cc1cc2c(C)ccc(C)c2[nH]c1=O. The van der Waals surface area contributed by atoms with E-state index in [9.17, 15) is 4.79 Å². The molecule has 0 bridgehead atoms. The number of benzene rings is 1. The van der Waals surface area contributed by atoms with Gasteiger partial charge in [0.1, 0.15) is 0 Å². The summed E-state index contributed by atoms with van der Waals surface area (Å²) in [4.78, 5) is 19.0. The van der Waals surface area contributed by atoms with Crippen LogP contribution in [0.15, 0.2) is 40.5 Å². The Bertz CT molecular complexity index is 977. The smallest absolute Gasteiger partial charge is 0.253 e. The number of nitrogens with one attached hydrogen (secondary N) is 2. The van der Waals surface area contributed by atoms with Gasteiger partial charge in [0.25, 0.3) is 5.56 Å². The van der Waals surface area contributed by atoms with E-state index < -0.39 is 0 Å². The number of hydrogen-bond donors (Lipinski definition) is 2. The van der Waals surface area contributed by atoms with Crippen LogP contribution in [0.1, 0.15) is 28.5 Å². The molecule has 3 aromatic rings. The Kier molecular flexibility index (Phi) is 5.74. The van der Waals surface area contributed by atoms with Crippen LogP contribution < -0.4 is 10.9 Å². The summed E-state index contributed by atoms with van der Waals surface area (Å²) < 4.78 is 0. The van der Waals surface area contributed by atoms with Gasteiger partial charge in [0.2, 0.25) is 0 Å². The first kappa shape index (κ1) is 18.6. The Hall–Kier alpha value is -2.18. The van der Waals surface area contributed by atoms with Gasteiger partial charge in [0.15, 0.2) is 5.11 Å². The number of nitrogens with zero attached hydrogens (tertiary/aromatic N) is 1. The van der Waals surface area contributed by atoms with Gasteiger partial charge in [-0.2, -0.15) is 0 Å². The number of hydrogen-bond acceptors (Lipinski definition) is 3. The van der Waals surface area contributed by atoms with Crippen LogP contribution in [-0.4, -0.2) is 21.5 Å². The topological polar surface area (TPSA) is 48.1 Å². The number of rotatable bonds is 5. The molecule has 0 aliphatic carbocycles. The van der Waals surface area contributed by atoms with Gasteiger partial charge in [-0.3, -0.25) is 4.79 Å². The van der Waals surface area contributed by atoms with Gasteiger partial charge in [-0.1, -0.05) is 18.2 Å². The van der Waals surface area contributed by atoms with Crippen LogP contribution >= 0.6 is 23.6 Å². The Morgan fingerprint density at radius 2 is 2.00 bits per heavy atom. The summed E-state index contributed by atoms with van der Waals surface area (Å²) in [6.45, 7) is 8.02. The maximum Gasteiger partial charge on any atom is 0.253 e. The van der Waals surface area contributed by atoms with Crippen molar-refractivity contribution in [1.82, 2.24) is 15.2 Å². The first-order valence-corrected chi connectivity index (χ1v) is 9.95. The van der Waals surface area contributed by atoms with Crippen LogP contribution in [0.5, 0.6) is 0 Å². The van der Waals surface area contributed by atoms with E-state index in [4.69, 9.17) is 12.2 Å². The summed E-state index contributed by atoms with van der Waals surface area (Å²) in [5.74, 6) is 0. The highest BCUT2D eigenvalue weighted by molar-refractivity contribution is 7.80. The monoisotopic (exact) mass is 385 g/mol. The highest BCUT2D eigenvalue weighted by Gasteiger charge is 2.15. The average molecular weight is 386 g/mol. The predicted molar refractivity (Wildman–Crippen MR) is 114 cm³/mol. The molecule has 26 heavy (non-hydrogen) atoms. The molecule has 6 heteroatoms. The van der Waals surface area contributed by atoms with Crippen molar-refractivity contribution in [3.05, 3.63) is 67.6 Å². The van der Waals surface area contributed by atoms with E-state index in [1.165, 1.54) is 4.88 Å². The van der Waals surface area contributed by atoms with E-state index in [0.29, 0.717) is 18.2 Å². The molecule has 0 saturated carbocycles. The largest absolute Gasteiger partial charge is 0.363 e. The minimum absolute atomic E-state index is 0.0540. The number of aromatic amines is 1. The summed E-state index contributed by atoms with van der Waals surface area (Å²) >= 11 is 7.23. The Morgan fingerprint density at radius 1 is 1.23 bits per heavy atom. The normalized spacial score (nSPS) is 10.9. The van der Waals surface area contributed by atoms with Gasteiger partial charge >= 0.3 is 0 Å². The zero-order valence-electron chi connectivity index (χ0n) is 15.3. The molecule has 2 aromatic heterocycles. The number of pyridine rings is 1. The maximum absolute atomic E-state index is 12.7. The predicted octanol–water partition coefficient (Wildman–Crippen LogP) is 4.10. The lowest BCUT2D eigenvalue weighted by Crippen LogP contribution is -2.39. The number of H-pyrrole nitrogens is 1. The lowest BCUT2D eigenvalue weighted by Gasteiger charge is -2.25. The average Bonchev–Trinajstić information content (AvgIpc) is 3.12. The summed E-state index contributed by atoms with van der Waals surface area (Å²) in [5, 5.41) is 7.02. The number of thiocarbonyl (C=S) groups is 1. The van der Waals surface area contributed by atoms with Crippen LogP contribution in [0, 0.1) is 13.8 Å². The van der Waals surface area contributed by atoms with Crippen LogP contribution in [0.25, 0.3) is 10.9 Å². The molecule has 0 radical (unpaired) electrons. The Balaban J connectivity index is 1.97. The molecule has 0 atom stereocenters. The molecular weight excluding hydrogens is 362 g/mol. The molecule has 4 nitrogen and oxygen atoms in total. The molecule has 0 unspecified atom stereocenters. The second-order valence-electron chi connectivity index (χ2n) is 6.38. The molecule has 0 aliphatic rings. The fraction of sp³-hybridized carbons (Fsp3) is 0.300. The fourth-order valence-electron chi connectivity index (χ4n) is 2.99. The minimum atomic E-state index is -0.0540. The minimum Gasteiger partial charge on any atom is -0.363 e. The Morgan fingerprint density at radius 3 is 2.69 bits per heavy atom. The summed E-state index contributed by atoms with van der Waals surface area (Å²) in [6.07, 6.45) is 0. The molecule has 3 rings (SSSR count). The molecule has 2 N–H and O–H groups in total. The zero-order valence-corrected chi connectivity index (χ0v) is 16.9. The second-order valence-corrected chi connectivity index (χ2v) is 7.80.